The molecule has 7 nitrogen and oxygen atoms in total. The van der Waals surface area contributed by atoms with E-state index in [4.69, 9.17) is 9.15 Å². The molecule has 1 heterocycles. The molecule has 1 aliphatic rings. The Morgan fingerprint density at radius 3 is 2.81 bits per heavy atom. The molecule has 1 atom stereocenters. The number of aryl methyl sites for hydroxylation is 2. The molecule has 0 saturated heterocycles. The lowest BCUT2D eigenvalue weighted by Crippen LogP contribution is -2.14. The zero-order valence-corrected chi connectivity index (χ0v) is 20.5. The van der Waals surface area contributed by atoms with Gasteiger partial charge in [-0.3, -0.25) is 9.59 Å². The van der Waals surface area contributed by atoms with Gasteiger partial charge in [0.25, 0.3) is 6.01 Å². The first-order valence-corrected chi connectivity index (χ1v) is 12.3. The van der Waals surface area contributed by atoms with E-state index in [9.17, 15) is 9.59 Å². The lowest BCUT2D eigenvalue weighted by Gasteiger charge is -2.12. The second kappa shape index (κ2) is 10.2. The molecule has 1 aromatic heterocycles. The second-order valence-electron chi connectivity index (χ2n) is 9.14. The number of ether oxygens (including phenoxy) is 1. The summed E-state index contributed by atoms with van der Waals surface area (Å²) in [4.78, 5) is 29.1. The van der Waals surface area contributed by atoms with Crippen LogP contribution in [0.4, 0.5) is 17.4 Å². The number of nitrogens with one attached hydrogen (secondary N) is 2. The van der Waals surface area contributed by atoms with E-state index in [-0.39, 0.29) is 24.2 Å². The van der Waals surface area contributed by atoms with Gasteiger partial charge in [0.1, 0.15) is 5.52 Å². The SMILES string of the molecule is CCOC(=O)CC1CCc2cc(NC(=O)Cc3ccc4nc(Nc5ccccc5C)oc4c3)ccc21. The standard InChI is InChI=1S/C29H29N3O4/c1-3-35-28(34)17-21-10-9-20-16-22(11-12-23(20)21)30-27(33)15-19-8-13-25-26(14-19)36-29(32-25)31-24-7-5-4-6-18(24)2/h4-8,11-14,16,21H,3,9-10,15,17H2,1-2H3,(H,30,33)(H,31,32). The predicted octanol–water partition coefficient (Wildman–Crippen LogP) is 6.04. The first-order chi connectivity index (χ1) is 17.5. The number of anilines is 3. The highest BCUT2D eigenvalue weighted by molar-refractivity contribution is 5.93. The zero-order valence-electron chi connectivity index (χ0n) is 20.5. The Morgan fingerprint density at radius 2 is 1.97 bits per heavy atom. The topological polar surface area (TPSA) is 93.5 Å². The van der Waals surface area contributed by atoms with Crippen LogP contribution < -0.4 is 10.6 Å². The number of oxazole rings is 1. The number of carbonyl (C=O) groups is 2. The van der Waals surface area contributed by atoms with Crippen molar-refractivity contribution in [1.29, 1.82) is 0 Å². The van der Waals surface area contributed by atoms with Gasteiger partial charge in [-0.2, -0.15) is 4.98 Å². The van der Waals surface area contributed by atoms with Crippen LogP contribution in [-0.4, -0.2) is 23.5 Å². The highest BCUT2D eigenvalue weighted by Gasteiger charge is 2.25. The fourth-order valence-electron chi connectivity index (χ4n) is 4.77. The minimum atomic E-state index is -0.158. The van der Waals surface area contributed by atoms with Crippen molar-refractivity contribution in [3.8, 4) is 0 Å². The summed E-state index contributed by atoms with van der Waals surface area (Å²) < 4.78 is 11.0. The van der Waals surface area contributed by atoms with Crippen LogP contribution in [0.1, 0.15) is 47.9 Å². The van der Waals surface area contributed by atoms with Crippen molar-refractivity contribution in [2.45, 2.75) is 45.4 Å². The fourth-order valence-corrected chi connectivity index (χ4v) is 4.77. The first kappa shape index (κ1) is 23.6. The summed E-state index contributed by atoms with van der Waals surface area (Å²) in [5, 5.41) is 6.21. The summed E-state index contributed by atoms with van der Waals surface area (Å²) in [6, 6.07) is 19.9. The minimum Gasteiger partial charge on any atom is -0.466 e. The van der Waals surface area contributed by atoms with E-state index < -0.39 is 0 Å². The summed E-state index contributed by atoms with van der Waals surface area (Å²) in [6.45, 7) is 4.24. The number of aromatic nitrogens is 1. The van der Waals surface area contributed by atoms with Crippen LogP contribution in [-0.2, 0) is 27.2 Å². The molecule has 7 heteroatoms. The maximum atomic E-state index is 12.8. The summed E-state index contributed by atoms with van der Waals surface area (Å²) in [5.74, 6) is -0.0784. The van der Waals surface area contributed by atoms with E-state index >= 15 is 0 Å². The van der Waals surface area contributed by atoms with Gasteiger partial charge >= 0.3 is 5.97 Å². The van der Waals surface area contributed by atoms with Gasteiger partial charge in [0.15, 0.2) is 5.58 Å². The first-order valence-electron chi connectivity index (χ1n) is 12.3. The second-order valence-corrected chi connectivity index (χ2v) is 9.14. The van der Waals surface area contributed by atoms with E-state index in [0.29, 0.717) is 24.6 Å². The largest absolute Gasteiger partial charge is 0.466 e. The number of fused-ring (bicyclic) bond motifs is 2. The number of rotatable bonds is 8. The van der Waals surface area contributed by atoms with Crippen LogP contribution in [0.5, 0.6) is 0 Å². The number of benzene rings is 3. The van der Waals surface area contributed by atoms with Crippen molar-refractivity contribution in [1.82, 2.24) is 4.98 Å². The lowest BCUT2D eigenvalue weighted by molar-refractivity contribution is -0.143. The van der Waals surface area contributed by atoms with Crippen molar-refractivity contribution in [3.05, 3.63) is 82.9 Å². The molecule has 0 aliphatic heterocycles. The Labute approximate surface area is 209 Å². The van der Waals surface area contributed by atoms with Crippen LogP contribution in [0.3, 0.4) is 0 Å². The number of hydrogen-bond donors (Lipinski definition) is 2. The number of esters is 1. The summed E-state index contributed by atoms with van der Waals surface area (Å²) in [5.41, 5.74) is 7.34. The van der Waals surface area contributed by atoms with Crippen LogP contribution in [0, 0.1) is 6.92 Å². The molecular weight excluding hydrogens is 454 g/mol. The smallest absolute Gasteiger partial charge is 0.306 e. The molecule has 0 bridgehead atoms. The van der Waals surface area contributed by atoms with Crippen molar-refractivity contribution in [2.75, 3.05) is 17.2 Å². The zero-order chi connectivity index (χ0) is 25.1. The minimum absolute atomic E-state index is 0.104. The molecule has 4 aromatic rings. The van der Waals surface area contributed by atoms with E-state index in [0.717, 1.165) is 40.9 Å². The Kier molecular flexibility index (Phi) is 6.71. The normalized spacial score (nSPS) is 14.4. The Morgan fingerprint density at radius 1 is 1.11 bits per heavy atom. The molecule has 0 fully saturated rings. The summed E-state index contributed by atoms with van der Waals surface area (Å²) in [6.07, 6.45) is 2.44. The molecule has 3 aromatic carbocycles. The van der Waals surface area contributed by atoms with Crippen molar-refractivity contribution in [3.63, 3.8) is 0 Å². The van der Waals surface area contributed by atoms with Crippen molar-refractivity contribution < 1.29 is 18.7 Å². The third-order valence-electron chi connectivity index (χ3n) is 6.55. The molecular formula is C29H29N3O4. The van der Waals surface area contributed by atoms with Crippen LogP contribution in [0.15, 0.2) is 65.1 Å². The molecule has 0 spiro atoms. The predicted molar refractivity (Wildman–Crippen MR) is 140 cm³/mol. The lowest BCUT2D eigenvalue weighted by atomic mass is 9.97. The monoisotopic (exact) mass is 483 g/mol. The van der Waals surface area contributed by atoms with Crippen LogP contribution >= 0.6 is 0 Å². The number of hydrogen-bond acceptors (Lipinski definition) is 6. The fraction of sp³-hybridized carbons (Fsp3) is 0.276. The maximum Gasteiger partial charge on any atom is 0.306 e. The molecule has 1 amide bonds. The highest BCUT2D eigenvalue weighted by Crippen LogP contribution is 2.37. The molecule has 184 valence electrons. The number of nitrogens with zero attached hydrogens (tertiary/aromatic N) is 1. The van der Waals surface area contributed by atoms with E-state index in [2.05, 4.69) is 15.6 Å². The van der Waals surface area contributed by atoms with Gasteiger partial charge in [0.2, 0.25) is 5.91 Å². The number of carbonyl (C=O) groups excluding carboxylic acids is 2. The number of amides is 1. The van der Waals surface area contributed by atoms with Gasteiger partial charge in [-0.15, -0.1) is 0 Å². The van der Waals surface area contributed by atoms with Crippen LogP contribution in [0.2, 0.25) is 0 Å². The molecule has 0 radical (unpaired) electrons. The average Bonchev–Trinajstić information content (AvgIpc) is 3.43. The van der Waals surface area contributed by atoms with Gasteiger partial charge in [0, 0.05) is 11.4 Å². The maximum absolute atomic E-state index is 12.8. The van der Waals surface area contributed by atoms with Crippen LogP contribution in [0.25, 0.3) is 11.1 Å². The molecule has 2 N–H and O–H groups in total. The summed E-state index contributed by atoms with van der Waals surface area (Å²) >= 11 is 0. The Bertz CT molecular complexity index is 1430. The molecule has 1 aliphatic carbocycles. The molecule has 1 unspecified atom stereocenters. The highest BCUT2D eigenvalue weighted by atomic mass is 16.5. The third kappa shape index (κ3) is 5.25. The quantitative estimate of drug-likeness (QED) is 0.297. The van der Waals surface area contributed by atoms with E-state index in [1.165, 1.54) is 11.1 Å². The van der Waals surface area contributed by atoms with Gasteiger partial charge in [-0.05, 0) is 85.2 Å². The van der Waals surface area contributed by atoms with E-state index in [1.807, 2.05) is 74.5 Å². The molecule has 36 heavy (non-hydrogen) atoms. The van der Waals surface area contributed by atoms with Crippen molar-refractivity contribution in [2.24, 2.45) is 0 Å². The van der Waals surface area contributed by atoms with Gasteiger partial charge in [-0.25, -0.2) is 0 Å². The molecule has 0 saturated carbocycles. The van der Waals surface area contributed by atoms with Gasteiger partial charge < -0.3 is 19.8 Å². The molecule has 5 rings (SSSR count). The Balaban J connectivity index is 1.22. The third-order valence-corrected chi connectivity index (χ3v) is 6.55. The van der Waals surface area contributed by atoms with Gasteiger partial charge in [-0.1, -0.05) is 30.3 Å². The van der Waals surface area contributed by atoms with Gasteiger partial charge in [0.05, 0.1) is 19.4 Å². The van der Waals surface area contributed by atoms with Crippen molar-refractivity contribution >= 4 is 40.4 Å². The number of para-hydroxylation sites is 1. The summed E-state index contributed by atoms with van der Waals surface area (Å²) in [7, 11) is 0. The Hall–Kier alpha value is -4.13. The average molecular weight is 484 g/mol. The van der Waals surface area contributed by atoms with E-state index in [1.54, 1.807) is 0 Å².